The standard InChI is InChI=1S/C17H23ClN2O/c1-12-6-7-14(15(18)10-12)17(21)20-9-3-4-13(11-20)16-5-2-8-19-16/h6-7,10,13,16,19H,2-5,8-9,11H2,1H3. The van der Waals surface area contributed by atoms with Gasteiger partial charge in [0.25, 0.3) is 5.91 Å². The van der Waals surface area contributed by atoms with Gasteiger partial charge in [0.1, 0.15) is 0 Å². The molecule has 0 bridgehead atoms. The normalized spacial score (nSPS) is 26.1. The Morgan fingerprint density at radius 1 is 1.33 bits per heavy atom. The predicted molar refractivity (Wildman–Crippen MR) is 85.8 cm³/mol. The number of hydrogen-bond acceptors (Lipinski definition) is 2. The summed E-state index contributed by atoms with van der Waals surface area (Å²) in [6.07, 6.45) is 4.83. The van der Waals surface area contributed by atoms with Crippen molar-refractivity contribution in [1.82, 2.24) is 10.2 Å². The Hall–Kier alpha value is -1.06. The van der Waals surface area contributed by atoms with Crippen molar-refractivity contribution in [3.05, 3.63) is 34.3 Å². The molecule has 1 amide bonds. The smallest absolute Gasteiger partial charge is 0.255 e. The van der Waals surface area contributed by atoms with Gasteiger partial charge in [-0.25, -0.2) is 0 Å². The van der Waals surface area contributed by atoms with Crippen molar-refractivity contribution in [2.75, 3.05) is 19.6 Å². The third-order valence-corrected chi connectivity index (χ3v) is 5.08. The number of rotatable bonds is 2. The van der Waals surface area contributed by atoms with Gasteiger partial charge in [-0.1, -0.05) is 17.7 Å². The molecule has 0 spiro atoms. The number of amides is 1. The molecule has 0 aliphatic carbocycles. The van der Waals surface area contributed by atoms with Crippen LogP contribution in [-0.2, 0) is 0 Å². The lowest BCUT2D eigenvalue weighted by Gasteiger charge is -2.36. The topological polar surface area (TPSA) is 32.3 Å². The van der Waals surface area contributed by atoms with Gasteiger partial charge in [0.05, 0.1) is 10.6 Å². The molecule has 2 heterocycles. The van der Waals surface area contributed by atoms with Crippen molar-refractivity contribution in [2.24, 2.45) is 5.92 Å². The summed E-state index contributed by atoms with van der Waals surface area (Å²) in [5.74, 6) is 0.678. The molecule has 21 heavy (non-hydrogen) atoms. The summed E-state index contributed by atoms with van der Waals surface area (Å²) in [6, 6.07) is 6.28. The second-order valence-corrected chi connectivity index (χ2v) is 6.75. The monoisotopic (exact) mass is 306 g/mol. The summed E-state index contributed by atoms with van der Waals surface area (Å²) in [6.45, 7) is 4.83. The minimum atomic E-state index is 0.0858. The fourth-order valence-electron chi connectivity index (χ4n) is 3.60. The molecule has 0 saturated carbocycles. The maximum absolute atomic E-state index is 12.7. The molecular formula is C17H23ClN2O. The highest BCUT2D eigenvalue weighted by atomic mass is 35.5. The van der Waals surface area contributed by atoms with Gasteiger partial charge in [-0.2, -0.15) is 0 Å². The average molecular weight is 307 g/mol. The zero-order valence-corrected chi connectivity index (χ0v) is 13.3. The number of carbonyl (C=O) groups excluding carboxylic acids is 1. The first-order valence-corrected chi connectivity index (χ1v) is 8.32. The molecule has 1 aromatic rings. The van der Waals surface area contributed by atoms with Gasteiger partial charge in [0, 0.05) is 19.1 Å². The first kappa shape index (κ1) is 14.9. The van der Waals surface area contributed by atoms with Crippen LogP contribution in [0.25, 0.3) is 0 Å². The lowest BCUT2D eigenvalue weighted by molar-refractivity contribution is 0.0651. The molecule has 114 valence electrons. The summed E-state index contributed by atoms with van der Waals surface area (Å²) >= 11 is 6.25. The van der Waals surface area contributed by atoms with E-state index in [-0.39, 0.29) is 5.91 Å². The molecule has 4 heteroatoms. The Morgan fingerprint density at radius 3 is 2.90 bits per heavy atom. The molecule has 1 aromatic carbocycles. The molecule has 3 nitrogen and oxygen atoms in total. The van der Waals surface area contributed by atoms with Crippen LogP contribution in [0.4, 0.5) is 0 Å². The third kappa shape index (κ3) is 3.24. The van der Waals surface area contributed by atoms with Gasteiger partial charge in [-0.15, -0.1) is 0 Å². The molecule has 2 aliphatic rings. The van der Waals surface area contributed by atoms with E-state index >= 15 is 0 Å². The number of halogens is 1. The third-order valence-electron chi connectivity index (χ3n) is 4.77. The van der Waals surface area contributed by atoms with Crippen LogP contribution in [0, 0.1) is 12.8 Å². The first-order chi connectivity index (χ1) is 10.1. The van der Waals surface area contributed by atoms with Crippen LogP contribution in [0.1, 0.15) is 41.6 Å². The molecule has 0 radical (unpaired) electrons. The Morgan fingerprint density at radius 2 is 2.19 bits per heavy atom. The highest BCUT2D eigenvalue weighted by Gasteiger charge is 2.31. The number of likely N-dealkylation sites (tertiary alicyclic amines) is 1. The largest absolute Gasteiger partial charge is 0.338 e. The van der Waals surface area contributed by atoms with Crippen LogP contribution < -0.4 is 5.32 Å². The van der Waals surface area contributed by atoms with Crippen molar-refractivity contribution in [3.63, 3.8) is 0 Å². The van der Waals surface area contributed by atoms with E-state index in [9.17, 15) is 4.79 Å². The SMILES string of the molecule is Cc1ccc(C(=O)N2CCCC(C3CCCN3)C2)c(Cl)c1. The predicted octanol–water partition coefficient (Wildman–Crippen LogP) is 3.25. The summed E-state index contributed by atoms with van der Waals surface area (Å²) in [7, 11) is 0. The average Bonchev–Trinajstić information content (AvgIpc) is 3.01. The molecular weight excluding hydrogens is 284 g/mol. The molecule has 2 atom stereocenters. The number of piperidine rings is 1. The Labute approximate surface area is 131 Å². The summed E-state index contributed by atoms with van der Waals surface area (Å²) in [4.78, 5) is 14.7. The summed E-state index contributed by atoms with van der Waals surface area (Å²) in [5, 5.41) is 4.15. The van der Waals surface area contributed by atoms with Crippen molar-refractivity contribution < 1.29 is 4.79 Å². The van der Waals surface area contributed by atoms with Crippen molar-refractivity contribution >= 4 is 17.5 Å². The minimum Gasteiger partial charge on any atom is -0.338 e. The van der Waals surface area contributed by atoms with Crippen LogP contribution in [0.2, 0.25) is 5.02 Å². The highest BCUT2D eigenvalue weighted by Crippen LogP contribution is 2.27. The van der Waals surface area contributed by atoms with E-state index in [1.807, 2.05) is 30.0 Å². The van der Waals surface area contributed by atoms with Crippen molar-refractivity contribution in [2.45, 2.75) is 38.6 Å². The van der Waals surface area contributed by atoms with Crippen molar-refractivity contribution in [1.29, 1.82) is 0 Å². The highest BCUT2D eigenvalue weighted by molar-refractivity contribution is 6.33. The molecule has 2 saturated heterocycles. The zero-order valence-electron chi connectivity index (χ0n) is 12.6. The van der Waals surface area contributed by atoms with E-state index < -0.39 is 0 Å². The molecule has 1 N–H and O–H groups in total. The molecule has 0 aromatic heterocycles. The molecule has 2 fully saturated rings. The van der Waals surface area contributed by atoms with E-state index in [1.54, 1.807) is 0 Å². The van der Waals surface area contributed by atoms with Gasteiger partial charge < -0.3 is 10.2 Å². The van der Waals surface area contributed by atoms with E-state index in [4.69, 9.17) is 11.6 Å². The lowest BCUT2D eigenvalue weighted by Crippen LogP contribution is -2.45. The quantitative estimate of drug-likeness (QED) is 0.909. The number of hydrogen-bond donors (Lipinski definition) is 1. The van der Waals surface area contributed by atoms with Gasteiger partial charge in [-0.05, 0) is 62.8 Å². The zero-order chi connectivity index (χ0) is 14.8. The Kier molecular flexibility index (Phi) is 4.51. The summed E-state index contributed by atoms with van der Waals surface area (Å²) < 4.78 is 0. The Balaban J connectivity index is 1.71. The number of carbonyl (C=O) groups is 1. The maximum Gasteiger partial charge on any atom is 0.255 e. The van der Waals surface area contributed by atoms with Crippen LogP contribution in [-0.4, -0.2) is 36.5 Å². The van der Waals surface area contributed by atoms with Gasteiger partial charge in [0.15, 0.2) is 0 Å². The van der Waals surface area contributed by atoms with Crippen LogP contribution in [0.15, 0.2) is 18.2 Å². The second kappa shape index (κ2) is 6.37. The van der Waals surface area contributed by atoms with E-state index in [1.165, 1.54) is 19.3 Å². The van der Waals surface area contributed by atoms with Gasteiger partial charge in [-0.3, -0.25) is 4.79 Å². The maximum atomic E-state index is 12.7. The van der Waals surface area contributed by atoms with Crippen LogP contribution in [0.3, 0.4) is 0 Å². The fourth-order valence-corrected chi connectivity index (χ4v) is 3.92. The molecule has 2 unspecified atom stereocenters. The summed E-state index contributed by atoms with van der Waals surface area (Å²) in [5.41, 5.74) is 1.73. The first-order valence-electron chi connectivity index (χ1n) is 7.94. The lowest BCUT2D eigenvalue weighted by atomic mass is 9.89. The van der Waals surface area contributed by atoms with Crippen LogP contribution in [0.5, 0.6) is 0 Å². The van der Waals surface area contributed by atoms with Gasteiger partial charge in [0.2, 0.25) is 0 Å². The number of nitrogens with zero attached hydrogens (tertiary/aromatic N) is 1. The molecule has 2 aliphatic heterocycles. The van der Waals surface area contributed by atoms with E-state index in [0.717, 1.165) is 31.6 Å². The minimum absolute atomic E-state index is 0.0858. The Bertz CT molecular complexity index is 526. The number of nitrogens with one attached hydrogen (secondary N) is 1. The number of aryl methyl sites for hydroxylation is 1. The number of benzene rings is 1. The molecule has 3 rings (SSSR count). The van der Waals surface area contributed by atoms with Crippen molar-refractivity contribution in [3.8, 4) is 0 Å². The van der Waals surface area contributed by atoms with Gasteiger partial charge >= 0.3 is 0 Å². The van der Waals surface area contributed by atoms with Crippen LogP contribution >= 0.6 is 11.6 Å². The second-order valence-electron chi connectivity index (χ2n) is 6.34. The fraction of sp³-hybridized carbons (Fsp3) is 0.588. The van der Waals surface area contributed by atoms with E-state index in [2.05, 4.69) is 5.32 Å². The van der Waals surface area contributed by atoms with E-state index in [0.29, 0.717) is 22.5 Å².